The molecule has 2 aromatic carbocycles. The molecular formula is C21H24N4O2. The number of hydrogen-bond acceptors (Lipinski definition) is 5. The number of rotatable bonds is 6. The van der Waals surface area contributed by atoms with E-state index >= 15 is 0 Å². The smallest absolute Gasteiger partial charge is 0.258 e. The van der Waals surface area contributed by atoms with E-state index < -0.39 is 0 Å². The van der Waals surface area contributed by atoms with Gasteiger partial charge in [-0.15, -0.1) is 0 Å². The first-order chi connectivity index (χ1) is 13.3. The fourth-order valence-corrected chi connectivity index (χ4v) is 3.40. The van der Waals surface area contributed by atoms with Crippen molar-refractivity contribution in [3.8, 4) is 5.75 Å². The minimum absolute atomic E-state index is 0.0627. The third-order valence-electron chi connectivity index (χ3n) is 4.92. The number of aromatic nitrogens is 2. The van der Waals surface area contributed by atoms with Crippen LogP contribution in [0.25, 0.3) is 10.9 Å². The van der Waals surface area contributed by atoms with Gasteiger partial charge in [-0.3, -0.25) is 14.6 Å². The van der Waals surface area contributed by atoms with E-state index in [1.165, 1.54) is 0 Å². The first-order valence-corrected chi connectivity index (χ1v) is 9.38. The maximum atomic E-state index is 12.2. The number of nitrogens with one attached hydrogen (secondary N) is 1. The number of para-hydroxylation sites is 2. The average molecular weight is 364 g/mol. The second-order valence-corrected chi connectivity index (χ2v) is 6.81. The summed E-state index contributed by atoms with van der Waals surface area (Å²) in [6, 6.07) is 17.4. The van der Waals surface area contributed by atoms with Gasteiger partial charge in [0.05, 0.1) is 17.4 Å². The molecule has 0 amide bonds. The largest absolute Gasteiger partial charge is 0.492 e. The zero-order valence-electron chi connectivity index (χ0n) is 15.3. The highest BCUT2D eigenvalue weighted by molar-refractivity contribution is 5.77. The molecule has 1 aromatic heterocycles. The van der Waals surface area contributed by atoms with Crippen LogP contribution in [0.2, 0.25) is 0 Å². The highest BCUT2D eigenvalue weighted by Crippen LogP contribution is 2.10. The van der Waals surface area contributed by atoms with Crippen LogP contribution in [0, 0.1) is 0 Å². The minimum atomic E-state index is -0.0627. The second kappa shape index (κ2) is 8.33. The van der Waals surface area contributed by atoms with Crippen molar-refractivity contribution >= 4 is 10.9 Å². The molecule has 1 fully saturated rings. The van der Waals surface area contributed by atoms with Crippen molar-refractivity contribution in [2.75, 3.05) is 39.3 Å². The Morgan fingerprint density at radius 3 is 2.44 bits per heavy atom. The van der Waals surface area contributed by atoms with E-state index in [0.717, 1.165) is 49.8 Å². The van der Waals surface area contributed by atoms with Crippen molar-refractivity contribution in [1.82, 2.24) is 19.8 Å². The predicted molar refractivity (Wildman–Crippen MR) is 106 cm³/mol. The lowest BCUT2D eigenvalue weighted by Gasteiger charge is -2.34. The average Bonchev–Trinajstić information content (AvgIpc) is 2.70. The van der Waals surface area contributed by atoms with Gasteiger partial charge in [0.25, 0.3) is 5.56 Å². The lowest BCUT2D eigenvalue weighted by molar-refractivity contribution is 0.111. The van der Waals surface area contributed by atoms with Crippen molar-refractivity contribution < 1.29 is 4.74 Å². The van der Waals surface area contributed by atoms with Gasteiger partial charge < -0.3 is 9.72 Å². The molecule has 1 N–H and O–H groups in total. The first-order valence-electron chi connectivity index (χ1n) is 9.38. The third-order valence-corrected chi connectivity index (χ3v) is 4.92. The van der Waals surface area contributed by atoms with Crippen LogP contribution < -0.4 is 10.3 Å². The molecular weight excluding hydrogens is 340 g/mol. The van der Waals surface area contributed by atoms with Gasteiger partial charge in [-0.2, -0.15) is 0 Å². The third kappa shape index (κ3) is 4.53. The monoisotopic (exact) mass is 364 g/mol. The van der Waals surface area contributed by atoms with Crippen LogP contribution in [-0.4, -0.2) is 59.1 Å². The Morgan fingerprint density at radius 2 is 1.63 bits per heavy atom. The van der Waals surface area contributed by atoms with Gasteiger partial charge in [0.1, 0.15) is 18.2 Å². The molecule has 27 heavy (non-hydrogen) atoms. The Labute approximate surface area is 158 Å². The Hall–Kier alpha value is -2.70. The van der Waals surface area contributed by atoms with E-state index in [4.69, 9.17) is 4.74 Å². The summed E-state index contributed by atoms with van der Waals surface area (Å²) in [4.78, 5) is 24.5. The molecule has 4 rings (SSSR count). The Bertz CT molecular complexity index is 934. The second-order valence-electron chi connectivity index (χ2n) is 6.81. The molecule has 0 unspecified atom stereocenters. The highest BCUT2D eigenvalue weighted by Gasteiger charge is 2.18. The predicted octanol–water partition coefficient (Wildman–Crippen LogP) is 2.12. The van der Waals surface area contributed by atoms with Crippen LogP contribution in [-0.2, 0) is 6.54 Å². The molecule has 0 saturated carbocycles. The summed E-state index contributed by atoms with van der Waals surface area (Å²) in [5.41, 5.74) is 0.695. The van der Waals surface area contributed by atoms with E-state index in [1.807, 2.05) is 48.5 Å². The molecule has 0 aliphatic carbocycles. The van der Waals surface area contributed by atoms with Gasteiger partial charge in [-0.25, -0.2) is 4.98 Å². The lowest BCUT2D eigenvalue weighted by atomic mass is 10.2. The Morgan fingerprint density at radius 1 is 0.926 bits per heavy atom. The van der Waals surface area contributed by atoms with E-state index in [9.17, 15) is 4.79 Å². The molecule has 1 saturated heterocycles. The number of benzene rings is 2. The zero-order valence-corrected chi connectivity index (χ0v) is 15.3. The summed E-state index contributed by atoms with van der Waals surface area (Å²) in [5, 5.41) is 0.643. The maximum absolute atomic E-state index is 12.2. The summed E-state index contributed by atoms with van der Waals surface area (Å²) in [6.45, 7) is 6.21. The van der Waals surface area contributed by atoms with Crippen molar-refractivity contribution in [1.29, 1.82) is 0 Å². The van der Waals surface area contributed by atoms with Crippen molar-refractivity contribution in [2.24, 2.45) is 0 Å². The quantitative estimate of drug-likeness (QED) is 0.726. The molecule has 0 spiro atoms. The molecule has 1 aliphatic heterocycles. The fourth-order valence-electron chi connectivity index (χ4n) is 3.40. The number of hydrogen-bond donors (Lipinski definition) is 1. The zero-order chi connectivity index (χ0) is 18.5. The van der Waals surface area contributed by atoms with E-state index in [2.05, 4.69) is 19.8 Å². The molecule has 140 valence electrons. The van der Waals surface area contributed by atoms with E-state index in [-0.39, 0.29) is 5.56 Å². The van der Waals surface area contributed by atoms with Gasteiger partial charge in [0.2, 0.25) is 0 Å². The minimum Gasteiger partial charge on any atom is -0.492 e. The lowest BCUT2D eigenvalue weighted by Crippen LogP contribution is -2.47. The van der Waals surface area contributed by atoms with Crippen molar-refractivity contribution in [3.05, 3.63) is 70.8 Å². The summed E-state index contributed by atoms with van der Waals surface area (Å²) in [5.74, 6) is 1.65. The van der Waals surface area contributed by atoms with E-state index in [0.29, 0.717) is 18.5 Å². The molecule has 3 aromatic rings. The number of piperazine rings is 1. The Balaban J connectivity index is 1.26. The topological polar surface area (TPSA) is 61.5 Å². The standard InChI is InChI=1S/C21H24N4O2/c26-21-18-8-4-5-9-19(18)22-20(23-21)16-25-12-10-24(11-13-25)14-15-27-17-6-2-1-3-7-17/h1-9H,10-16H2,(H,22,23,26). The summed E-state index contributed by atoms with van der Waals surface area (Å²) < 4.78 is 5.78. The maximum Gasteiger partial charge on any atom is 0.258 e. The number of fused-ring (bicyclic) bond motifs is 1. The Kier molecular flexibility index (Phi) is 5.46. The van der Waals surface area contributed by atoms with Gasteiger partial charge in [0, 0.05) is 32.7 Å². The van der Waals surface area contributed by atoms with Crippen LogP contribution in [0.15, 0.2) is 59.4 Å². The van der Waals surface area contributed by atoms with Crippen LogP contribution in [0.4, 0.5) is 0 Å². The SMILES string of the molecule is O=c1[nH]c(CN2CCN(CCOc3ccccc3)CC2)nc2ccccc12. The summed E-state index contributed by atoms with van der Waals surface area (Å²) in [7, 11) is 0. The summed E-state index contributed by atoms with van der Waals surface area (Å²) in [6.07, 6.45) is 0. The van der Waals surface area contributed by atoms with Gasteiger partial charge in [0.15, 0.2) is 0 Å². The normalized spacial score (nSPS) is 15.9. The number of aromatic amines is 1. The van der Waals surface area contributed by atoms with Crippen LogP contribution in [0.1, 0.15) is 5.82 Å². The molecule has 2 heterocycles. The highest BCUT2D eigenvalue weighted by atomic mass is 16.5. The van der Waals surface area contributed by atoms with Crippen LogP contribution in [0.5, 0.6) is 5.75 Å². The van der Waals surface area contributed by atoms with Gasteiger partial charge in [-0.1, -0.05) is 30.3 Å². The number of H-pyrrole nitrogens is 1. The summed E-state index contributed by atoms with van der Waals surface area (Å²) >= 11 is 0. The molecule has 6 heteroatoms. The molecule has 0 bridgehead atoms. The molecule has 0 radical (unpaired) electrons. The fraction of sp³-hybridized carbons (Fsp3) is 0.333. The molecule has 0 atom stereocenters. The van der Waals surface area contributed by atoms with Crippen LogP contribution in [0.3, 0.4) is 0 Å². The van der Waals surface area contributed by atoms with E-state index in [1.54, 1.807) is 6.07 Å². The first kappa shape index (κ1) is 17.7. The van der Waals surface area contributed by atoms with Crippen LogP contribution >= 0.6 is 0 Å². The van der Waals surface area contributed by atoms with Gasteiger partial charge in [-0.05, 0) is 24.3 Å². The van der Waals surface area contributed by atoms with Crippen molar-refractivity contribution in [3.63, 3.8) is 0 Å². The number of nitrogens with zero attached hydrogens (tertiary/aromatic N) is 3. The molecule has 6 nitrogen and oxygen atoms in total. The van der Waals surface area contributed by atoms with Crippen molar-refractivity contribution in [2.45, 2.75) is 6.54 Å². The number of ether oxygens (including phenoxy) is 1. The molecule has 1 aliphatic rings. The van der Waals surface area contributed by atoms with Gasteiger partial charge >= 0.3 is 0 Å².